The molecular weight excluding hydrogens is 286 g/mol. The zero-order valence-electron chi connectivity index (χ0n) is 13.6. The van der Waals surface area contributed by atoms with Crippen molar-refractivity contribution in [3.05, 3.63) is 12.3 Å². The summed E-state index contributed by atoms with van der Waals surface area (Å²) in [4.78, 5) is 13.9. The molecule has 124 valence electrons. The molecule has 2 heterocycles. The summed E-state index contributed by atoms with van der Waals surface area (Å²) < 4.78 is 4.98. The van der Waals surface area contributed by atoms with Gasteiger partial charge < -0.3 is 29.5 Å². The molecule has 0 saturated carbocycles. The molecule has 0 bridgehead atoms. The topological polar surface area (TPSA) is 93.5 Å². The van der Waals surface area contributed by atoms with E-state index in [4.69, 9.17) is 14.9 Å². The third-order valence-electron chi connectivity index (χ3n) is 4.25. The lowest BCUT2D eigenvalue weighted by atomic mass is 9.77. The Morgan fingerprint density at radius 1 is 1.23 bits per heavy atom. The van der Waals surface area contributed by atoms with Gasteiger partial charge in [0.25, 0.3) is 0 Å². The average molecular weight is 312 g/mol. The van der Waals surface area contributed by atoms with Gasteiger partial charge in [0.1, 0.15) is 6.04 Å². The Kier molecular flexibility index (Phi) is 7.41. The van der Waals surface area contributed by atoms with Crippen molar-refractivity contribution in [1.82, 2.24) is 9.62 Å². The van der Waals surface area contributed by atoms with Crippen molar-refractivity contribution in [2.75, 3.05) is 20.2 Å². The van der Waals surface area contributed by atoms with Crippen LogP contribution in [0.2, 0.25) is 13.6 Å². The van der Waals surface area contributed by atoms with Crippen molar-refractivity contribution in [2.45, 2.75) is 45.0 Å². The molecule has 7 nitrogen and oxygen atoms in total. The minimum absolute atomic E-state index is 0.339. The van der Waals surface area contributed by atoms with Gasteiger partial charge in [-0.05, 0) is 39.6 Å². The summed E-state index contributed by atoms with van der Waals surface area (Å²) in [5.74, 6) is -0.0440. The maximum absolute atomic E-state index is 10.3. The number of carboxylic acid groups (broad SMARTS) is 1. The fraction of sp³-hybridized carbons (Fsp3) is 0.769. The molecule has 2 saturated heterocycles. The fourth-order valence-electron chi connectivity index (χ4n) is 2.64. The first kappa shape index (κ1) is 19.0. The van der Waals surface area contributed by atoms with Crippen LogP contribution >= 0.6 is 0 Å². The molecule has 0 amide bonds. The van der Waals surface area contributed by atoms with E-state index in [-0.39, 0.29) is 7.05 Å². The Morgan fingerprint density at radius 3 is 2.00 bits per heavy atom. The third-order valence-corrected chi connectivity index (χ3v) is 4.25. The van der Waals surface area contributed by atoms with Crippen LogP contribution in [0.1, 0.15) is 19.3 Å². The van der Waals surface area contributed by atoms with Gasteiger partial charge in [0.05, 0.1) is 12.9 Å². The zero-order valence-corrected chi connectivity index (χ0v) is 13.6. The molecule has 0 aliphatic carbocycles. The Morgan fingerprint density at radius 2 is 1.77 bits per heavy atom. The third kappa shape index (κ3) is 5.01. The quantitative estimate of drug-likeness (QED) is 0.469. The van der Waals surface area contributed by atoms with Crippen LogP contribution in [0.5, 0.6) is 0 Å². The molecule has 2 rings (SSSR count). The van der Waals surface area contributed by atoms with Crippen molar-refractivity contribution < 1.29 is 24.7 Å². The maximum atomic E-state index is 10.3. The van der Waals surface area contributed by atoms with Gasteiger partial charge in [0.2, 0.25) is 0 Å². The van der Waals surface area contributed by atoms with Crippen molar-refractivity contribution in [3.63, 3.8) is 0 Å². The van der Waals surface area contributed by atoms with Crippen LogP contribution in [0, 0.1) is 0 Å². The van der Waals surface area contributed by atoms with Crippen LogP contribution in [0.4, 0.5) is 0 Å². The number of hydrogen-bond donors (Lipinski definition) is 3. The van der Waals surface area contributed by atoms with E-state index in [0.29, 0.717) is 19.0 Å². The molecule has 0 aromatic carbocycles. The van der Waals surface area contributed by atoms with E-state index in [2.05, 4.69) is 6.58 Å². The van der Waals surface area contributed by atoms with E-state index in [1.807, 2.05) is 4.81 Å². The first-order valence-corrected chi connectivity index (χ1v) is 7.60. The first-order chi connectivity index (χ1) is 10.3. The number of aliphatic carboxylic acids is 1. The highest BCUT2D eigenvalue weighted by molar-refractivity contribution is 6.46. The summed E-state index contributed by atoms with van der Waals surface area (Å²) in [5.41, 5.74) is 0. The Balaban J connectivity index is 0.000000224. The largest absolute Gasteiger partial charge is 0.502 e. The summed E-state index contributed by atoms with van der Waals surface area (Å²) in [7, 11) is 0.663. The normalized spacial score (nSPS) is 24.2. The minimum Gasteiger partial charge on any atom is -0.502 e. The zero-order chi connectivity index (χ0) is 16.9. The van der Waals surface area contributed by atoms with Crippen LogP contribution < -0.4 is 0 Å². The number of hydrogen-bond acceptors (Lipinski definition) is 6. The van der Waals surface area contributed by atoms with Crippen molar-refractivity contribution in [1.29, 1.82) is 0 Å². The summed E-state index contributed by atoms with van der Waals surface area (Å²) in [6.07, 6.45) is 2.62. The van der Waals surface area contributed by atoms with Crippen molar-refractivity contribution in [3.8, 4) is 0 Å². The van der Waals surface area contributed by atoms with Gasteiger partial charge in [-0.25, -0.2) is 0 Å². The smallest absolute Gasteiger partial charge is 0.377 e. The highest BCUT2D eigenvalue weighted by Crippen LogP contribution is 2.23. The number of rotatable bonds is 6. The lowest BCUT2D eigenvalue weighted by Crippen LogP contribution is -2.58. The molecule has 9 heteroatoms. The standard InChI is InChI=1S/C8H16BNO2.C5H10BNO3/c1-7(12-3)6-8-4-5-10(8)9(2)11;1-6(10)7-3-2-4(7)5(8)9/h8,11H,1,4-6H2,2-3H3;4,10H,2-3H2,1H3,(H,8,9). The highest BCUT2D eigenvalue weighted by Gasteiger charge is 2.38. The second-order valence-corrected chi connectivity index (χ2v) is 5.77. The number of carbonyl (C=O) groups is 1. The summed E-state index contributed by atoms with van der Waals surface area (Å²) in [6, 6.07) is -0.0301. The van der Waals surface area contributed by atoms with Crippen LogP contribution in [0.15, 0.2) is 12.3 Å². The van der Waals surface area contributed by atoms with E-state index in [9.17, 15) is 9.82 Å². The maximum Gasteiger partial charge on any atom is 0.377 e. The van der Waals surface area contributed by atoms with Crippen LogP contribution in [0.25, 0.3) is 0 Å². The first-order valence-electron chi connectivity index (χ1n) is 7.60. The second kappa shape index (κ2) is 8.57. The number of methoxy groups -OCH3 is 1. The van der Waals surface area contributed by atoms with E-state index < -0.39 is 19.1 Å². The van der Waals surface area contributed by atoms with Gasteiger partial charge in [-0.15, -0.1) is 0 Å². The Hall–Kier alpha value is -1.02. The monoisotopic (exact) mass is 312 g/mol. The van der Waals surface area contributed by atoms with E-state index in [0.717, 1.165) is 25.1 Å². The number of ether oxygens (including phenoxy) is 1. The molecular formula is C13H26B2N2O5. The van der Waals surface area contributed by atoms with E-state index in [1.54, 1.807) is 25.6 Å². The molecule has 22 heavy (non-hydrogen) atoms. The van der Waals surface area contributed by atoms with Gasteiger partial charge in [-0.3, -0.25) is 4.79 Å². The average Bonchev–Trinajstić information content (AvgIpc) is 2.31. The molecule has 2 aliphatic rings. The van der Waals surface area contributed by atoms with E-state index in [1.165, 1.54) is 0 Å². The molecule has 2 aliphatic heterocycles. The van der Waals surface area contributed by atoms with E-state index >= 15 is 0 Å². The molecule has 0 aromatic rings. The second-order valence-electron chi connectivity index (χ2n) is 5.77. The van der Waals surface area contributed by atoms with Crippen LogP contribution in [-0.2, 0) is 9.53 Å². The Labute approximate surface area is 132 Å². The predicted octanol–water partition coefficient (Wildman–Crippen LogP) is -0.0232. The molecule has 0 aromatic heterocycles. The number of nitrogens with zero attached hydrogens (tertiary/aromatic N) is 2. The highest BCUT2D eigenvalue weighted by atomic mass is 16.5. The van der Waals surface area contributed by atoms with Gasteiger partial charge >= 0.3 is 20.1 Å². The fourth-order valence-corrected chi connectivity index (χ4v) is 2.64. The van der Waals surface area contributed by atoms with Gasteiger partial charge in [-0.2, -0.15) is 0 Å². The number of carboxylic acids is 1. The summed E-state index contributed by atoms with van der Waals surface area (Å²) in [5, 5.41) is 26.7. The molecule has 0 radical (unpaired) electrons. The lowest BCUT2D eigenvalue weighted by molar-refractivity contribution is -0.145. The molecule has 2 unspecified atom stereocenters. The minimum atomic E-state index is -0.841. The molecule has 3 N–H and O–H groups in total. The summed E-state index contributed by atoms with van der Waals surface area (Å²) >= 11 is 0. The predicted molar refractivity (Wildman–Crippen MR) is 86.3 cm³/mol. The molecule has 0 spiro atoms. The van der Waals surface area contributed by atoms with Gasteiger partial charge in [-0.1, -0.05) is 6.58 Å². The summed E-state index contributed by atoms with van der Waals surface area (Å²) in [6.45, 7) is 8.80. The molecule has 2 fully saturated rings. The van der Waals surface area contributed by atoms with Gasteiger partial charge in [0, 0.05) is 12.5 Å². The van der Waals surface area contributed by atoms with Crippen LogP contribution in [0.3, 0.4) is 0 Å². The van der Waals surface area contributed by atoms with Crippen molar-refractivity contribution in [2.24, 2.45) is 0 Å². The van der Waals surface area contributed by atoms with Crippen molar-refractivity contribution >= 4 is 20.1 Å². The Bertz CT molecular complexity index is 395. The lowest BCUT2D eigenvalue weighted by Gasteiger charge is -2.42. The van der Waals surface area contributed by atoms with Gasteiger partial charge in [0.15, 0.2) is 0 Å². The van der Waals surface area contributed by atoms with Crippen LogP contribution in [-0.4, -0.2) is 77.1 Å². The molecule has 2 atom stereocenters. The SMILES string of the molecule is C=C(CC1CCN1B(C)O)OC.CB(O)N1CCC1C(=O)O.